The molecular formula is C25H25BrN2O. The molecule has 0 spiro atoms. The van der Waals surface area contributed by atoms with Crippen LogP contribution in [0.2, 0.25) is 0 Å². The van der Waals surface area contributed by atoms with Gasteiger partial charge in [-0.2, -0.15) is 0 Å². The molecule has 148 valence electrons. The van der Waals surface area contributed by atoms with E-state index in [0.29, 0.717) is 5.56 Å². The minimum atomic E-state index is 0.0572. The number of benzene rings is 3. The van der Waals surface area contributed by atoms with Gasteiger partial charge in [-0.1, -0.05) is 66.2 Å². The lowest BCUT2D eigenvalue weighted by Crippen LogP contribution is -2.50. The number of rotatable bonds is 4. The first-order valence-corrected chi connectivity index (χ1v) is 10.9. The summed E-state index contributed by atoms with van der Waals surface area (Å²) in [4.78, 5) is 15.6. The molecule has 1 aliphatic rings. The monoisotopic (exact) mass is 448 g/mol. The molecule has 0 aromatic heterocycles. The number of nitrogens with one attached hydrogen (secondary N) is 1. The highest BCUT2D eigenvalue weighted by Crippen LogP contribution is 2.43. The van der Waals surface area contributed by atoms with Crippen LogP contribution in [0.15, 0.2) is 83.3 Å². The Morgan fingerprint density at radius 3 is 2.31 bits per heavy atom. The average Bonchev–Trinajstić information content (AvgIpc) is 2.76. The van der Waals surface area contributed by atoms with Crippen molar-refractivity contribution in [3.05, 3.63) is 94.5 Å². The first-order chi connectivity index (χ1) is 14.1. The molecule has 0 bridgehead atoms. The Morgan fingerprint density at radius 1 is 0.966 bits per heavy atom. The second kappa shape index (κ2) is 8.42. The summed E-state index contributed by atoms with van der Waals surface area (Å²) in [6.45, 7) is 4.41. The molecule has 0 saturated heterocycles. The first-order valence-electron chi connectivity index (χ1n) is 10.1. The van der Waals surface area contributed by atoms with Crippen molar-refractivity contribution in [2.24, 2.45) is 5.92 Å². The van der Waals surface area contributed by atoms with Gasteiger partial charge in [0.15, 0.2) is 0 Å². The third kappa shape index (κ3) is 3.82. The number of carbonyl (C=O) groups excluding carboxylic acids is 1. The van der Waals surface area contributed by atoms with Crippen LogP contribution in [0, 0.1) is 5.92 Å². The topological polar surface area (TPSA) is 32.3 Å². The number of fused-ring (bicyclic) bond motifs is 1. The summed E-state index contributed by atoms with van der Waals surface area (Å²) < 4.78 is 0.973. The molecule has 3 atom stereocenters. The van der Waals surface area contributed by atoms with Crippen LogP contribution in [0.1, 0.15) is 42.2 Å². The Bertz CT molecular complexity index is 987. The highest BCUT2D eigenvalue weighted by Gasteiger charge is 2.40. The van der Waals surface area contributed by atoms with Gasteiger partial charge in [0.2, 0.25) is 0 Å². The molecule has 4 heteroatoms. The van der Waals surface area contributed by atoms with Crippen LogP contribution < -0.4 is 10.2 Å². The van der Waals surface area contributed by atoms with Gasteiger partial charge in [-0.25, -0.2) is 0 Å². The van der Waals surface area contributed by atoms with Gasteiger partial charge < -0.3 is 10.2 Å². The number of carbonyl (C=O) groups is 1. The largest absolute Gasteiger partial charge is 0.378 e. The van der Waals surface area contributed by atoms with Crippen molar-refractivity contribution in [1.82, 2.24) is 0 Å². The SMILES string of the molecule is CC[C@H]1[C@@H](C)[C@@H](Nc2ccccc2)c2ccccc2N1C(=O)c1ccc(Br)cc1. The summed E-state index contributed by atoms with van der Waals surface area (Å²) >= 11 is 3.46. The smallest absolute Gasteiger partial charge is 0.258 e. The van der Waals surface area contributed by atoms with Gasteiger partial charge in [0.1, 0.15) is 0 Å². The average molecular weight is 449 g/mol. The Morgan fingerprint density at radius 2 is 1.62 bits per heavy atom. The number of hydrogen-bond donors (Lipinski definition) is 1. The number of halogens is 1. The summed E-state index contributed by atoms with van der Waals surface area (Å²) in [5, 5.41) is 3.71. The maximum absolute atomic E-state index is 13.5. The molecule has 0 saturated carbocycles. The normalized spacial score (nSPS) is 20.8. The van der Waals surface area contributed by atoms with Crippen LogP contribution in [0.5, 0.6) is 0 Å². The second-order valence-electron chi connectivity index (χ2n) is 7.56. The van der Waals surface area contributed by atoms with E-state index < -0.39 is 0 Å². The van der Waals surface area contributed by atoms with Crippen molar-refractivity contribution >= 4 is 33.2 Å². The molecule has 29 heavy (non-hydrogen) atoms. The fourth-order valence-electron chi connectivity index (χ4n) is 4.36. The lowest BCUT2D eigenvalue weighted by Gasteiger charge is -2.45. The molecule has 3 aromatic rings. The molecule has 1 heterocycles. The predicted molar refractivity (Wildman–Crippen MR) is 123 cm³/mol. The van der Waals surface area contributed by atoms with Crippen molar-refractivity contribution in [1.29, 1.82) is 0 Å². The van der Waals surface area contributed by atoms with Crippen molar-refractivity contribution < 1.29 is 4.79 Å². The van der Waals surface area contributed by atoms with Crippen LogP contribution in [0.3, 0.4) is 0 Å². The highest BCUT2D eigenvalue weighted by molar-refractivity contribution is 9.10. The molecule has 1 amide bonds. The van der Waals surface area contributed by atoms with Crippen LogP contribution in [0.25, 0.3) is 0 Å². The molecule has 0 aliphatic carbocycles. The number of hydrogen-bond acceptors (Lipinski definition) is 2. The van der Waals surface area contributed by atoms with E-state index in [1.165, 1.54) is 5.56 Å². The van der Waals surface area contributed by atoms with E-state index in [9.17, 15) is 4.79 Å². The zero-order valence-corrected chi connectivity index (χ0v) is 18.3. The first kappa shape index (κ1) is 19.7. The van der Waals surface area contributed by atoms with E-state index in [-0.39, 0.29) is 23.9 Å². The Hall–Kier alpha value is -2.59. The van der Waals surface area contributed by atoms with E-state index in [0.717, 1.165) is 22.3 Å². The molecule has 1 N–H and O–H groups in total. The summed E-state index contributed by atoms with van der Waals surface area (Å²) in [6, 6.07) is 26.5. The van der Waals surface area contributed by atoms with Crippen LogP contribution in [0.4, 0.5) is 11.4 Å². The standard InChI is InChI=1S/C25H25BrN2O/c1-3-22-17(2)24(27-20-9-5-4-6-10-20)21-11-7-8-12-23(21)28(22)25(29)18-13-15-19(26)16-14-18/h4-17,22,24,27H,3H2,1-2H3/t17-,22+,24-/m1/s1. The maximum atomic E-state index is 13.5. The van der Waals surface area contributed by atoms with Crippen molar-refractivity contribution in [2.45, 2.75) is 32.4 Å². The van der Waals surface area contributed by atoms with Crippen LogP contribution in [-0.4, -0.2) is 11.9 Å². The minimum Gasteiger partial charge on any atom is -0.378 e. The number of nitrogens with zero attached hydrogens (tertiary/aromatic N) is 1. The van der Waals surface area contributed by atoms with Gasteiger partial charge in [0.05, 0.1) is 6.04 Å². The van der Waals surface area contributed by atoms with E-state index >= 15 is 0 Å². The van der Waals surface area contributed by atoms with Crippen molar-refractivity contribution in [3.63, 3.8) is 0 Å². The van der Waals surface area contributed by atoms with Gasteiger partial charge in [-0.05, 0) is 54.4 Å². The van der Waals surface area contributed by atoms with Crippen LogP contribution in [-0.2, 0) is 0 Å². The molecule has 3 aromatic carbocycles. The van der Waals surface area contributed by atoms with Gasteiger partial charge in [-0.15, -0.1) is 0 Å². The van der Waals surface area contributed by atoms with E-state index in [4.69, 9.17) is 0 Å². The van der Waals surface area contributed by atoms with E-state index in [1.54, 1.807) is 0 Å². The summed E-state index contributed by atoms with van der Waals surface area (Å²) in [6.07, 6.45) is 0.894. The second-order valence-corrected chi connectivity index (χ2v) is 8.48. The summed E-state index contributed by atoms with van der Waals surface area (Å²) in [5.41, 5.74) is 3.97. The van der Waals surface area contributed by atoms with Crippen LogP contribution >= 0.6 is 15.9 Å². The number of amides is 1. The zero-order chi connectivity index (χ0) is 20.4. The fourth-order valence-corrected chi connectivity index (χ4v) is 4.62. The lowest BCUT2D eigenvalue weighted by atomic mass is 9.80. The van der Waals surface area contributed by atoms with Gasteiger partial charge in [-0.3, -0.25) is 4.79 Å². The minimum absolute atomic E-state index is 0.0572. The van der Waals surface area contributed by atoms with Gasteiger partial charge in [0.25, 0.3) is 5.91 Å². The molecule has 0 radical (unpaired) electrons. The Labute approximate surface area is 180 Å². The fraction of sp³-hybridized carbons (Fsp3) is 0.240. The molecule has 0 unspecified atom stereocenters. The Kier molecular flexibility index (Phi) is 5.72. The summed E-state index contributed by atoms with van der Waals surface area (Å²) in [5.74, 6) is 0.316. The van der Waals surface area contributed by atoms with Crippen molar-refractivity contribution in [2.75, 3.05) is 10.2 Å². The van der Waals surface area contributed by atoms with Crippen molar-refractivity contribution in [3.8, 4) is 0 Å². The van der Waals surface area contributed by atoms with Gasteiger partial charge >= 0.3 is 0 Å². The molecule has 3 nitrogen and oxygen atoms in total. The number of para-hydroxylation sites is 2. The Balaban J connectivity index is 1.76. The highest BCUT2D eigenvalue weighted by atomic mass is 79.9. The third-order valence-electron chi connectivity index (χ3n) is 5.82. The molecule has 0 fully saturated rings. The zero-order valence-electron chi connectivity index (χ0n) is 16.7. The lowest BCUT2D eigenvalue weighted by molar-refractivity contribution is 0.0960. The summed E-state index contributed by atoms with van der Waals surface area (Å²) in [7, 11) is 0. The quantitative estimate of drug-likeness (QED) is 0.482. The third-order valence-corrected chi connectivity index (χ3v) is 6.35. The molecule has 1 aliphatic heterocycles. The van der Waals surface area contributed by atoms with Gasteiger partial charge in [0, 0.05) is 33.4 Å². The maximum Gasteiger partial charge on any atom is 0.258 e. The molecular weight excluding hydrogens is 424 g/mol. The molecule has 4 rings (SSSR count). The predicted octanol–water partition coefficient (Wildman–Crippen LogP) is 6.68. The number of anilines is 2. The van der Waals surface area contributed by atoms with E-state index in [1.807, 2.05) is 53.4 Å². The van der Waals surface area contributed by atoms with E-state index in [2.05, 4.69) is 65.4 Å².